The van der Waals surface area contributed by atoms with Crippen molar-refractivity contribution in [2.45, 2.75) is 83.8 Å². The van der Waals surface area contributed by atoms with Crippen molar-refractivity contribution in [1.82, 2.24) is 19.4 Å². The summed E-state index contributed by atoms with van der Waals surface area (Å²) >= 11 is 7.15. The van der Waals surface area contributed by atoms with E-state index in [0.717, 1.165) is 37.6 Å². The normalized spacial score (nSPS) is 30.4. The van der Waals surface area contributed by atoms with Crippen molar-refractivity contribution in [2.75, 3.05) is 26.2 Å². The Balaban J connectivity index is 1.20. The van der Waals surface area contributed by atoms with Crippen molar-refractivity contribution >= 4 is 56.8 Å². The summed E-state index contributed by atoms with van der Waals surface area (Å²) in [4.78, 5) is 46.2. The predicted molar refractivity (Wildman–Crippen MR) is 156 cm³/mol. The maximum atomic E-state index is 13.8. The quantitative estimate of drug-likeness (QED) is 0.507. The first-order chi connectivity index (χ1) is 18.7. The molecule has 4 atom stereocenters. The van der Waals surface area contributed by atoms with Crippen LogP contribution in [0.15, 0.2) is 17.5 Å². The summed E-state index contributed by atoms with van der Waals surface area (Å²) in [6, 6.07) is 2.17. The molecule has 4 fully saturated rings. The van der Waals surface area contributed by atoms with Gasteiger partial charge in [-0.2, -0.15) is 4.72 Å². The summed E-state index contributed by atoms with van der Waals surface area (Å²) in [5.41, 5.74) is 0.308. The van der Waals surface area contributed by atoms with Crippen LogP contribution in [0, 0.1) is 10.8 Å². The summed E-state index contributed by atoms with van der Waals surface area (Å²) in [7, 11) is -3.88. The summed E-state index contributed by atoms with van der Waals surface area (Å²) in [5.74, 6) is -0.635. The Morgan fingerprint density at radius 2 is 1.88 bits per heavy atom. The molecule has 4 aliphatic rings. The second kappa shape index (κ2) is 11.0. The Hall–Kier alpha value is -1.95. The van der Waals surface area contributed by atoms with E-state index in [9.17, 15) is 22.8 Å². The van der Waals surface area contributed by atoms with Crippen LogP contribution in [0.1, 0.15) is 70.6 Å². The second-order valence-electron chi connectivity index (χ2n) is 13.0. The van der Waals surface area contributed by atoms with E-state index in [1.165, 1.54) is 22.3 Å². The van der Waals surface area contributed by atoms with Crippen molar-refractivity contribution in [1.29, 1.82) is 0 Å². The van der Waals surface area contributed by atoms with Crippen LogP contribution in [-0.2, 0) is 24.4 Å². The lowest BCUT2D eigenvalue weighted by atomic mass is 9.65. The zero-order chi connectivity index (χ0) is 28.9. The number of hydrogen-bond acceptors (Lipinski definition) is 6. The molecule has 0 unspecified atom stereocenters. The molecule has 1 aromatic heterocycles. The first kappa shape index (κ1) is 29.5. The van der Waals surface area contributed by atoms with Gasteiger partial charge in [-0.3, -0.25) is 14.4 Å². The lowest BCUT2D eigenvalue weighted by Gasteiger charge is -2.39. The van der Waals surface area contributed by atoms with E-state index >= 15 is 0 Å². The van der Waals surface area contributed by atoms with Crippen LogP contribution in [0.5, 0.6) is 0 Å². The molecule has 1 saturated carbocycles. The summed E-state index contributed by atoms with van der Waals surface area (Å²) in [6.45, 7) is 8.27. The van der Waals surface area contributed by atoms with E-state index in [-0.39, 0.29) is 35.2 Å². The number of nitrogens with zero attached hydrogens (tertiary/aromatic N) is 3. The molecule has 1 aliphatic carbocycles. The highest BCUT2D eigenvalue weighted by Gasteiger charge is 2.52. The molecule has 3 amide bonds. The van der Waals surface area contributed by atoms with E-state index < -0.39 is 28.0 Å². The van der Waals surface area contributed by atoms with Crippen LogP contribution >= 0.6 is 22.9 Å². The molecule has 9 nitrogen and oxygen atoms in total. The van der Waals surface area contributed by atoms with E-state index in [0.29, 0.717) is 41.6 Å². The Morgan fingerprint density at radius 3 is 2.60 bits per heavy atom. The monoisotopic (exact) mass is 610 g/mol. The van der Waals surface area contributed by atoms with Gasteiger partial charge in [-0.05, 0) is 74.0 Å². The molecule has 1 aromatic rings. The number of carbonyl (C=O) groups is 3. The molecule has 0 spiro atoms. The van der Waals surface area contributed by atoms with Gasteiger partial charge in [0.1, 0.15) is 12.1 Å². The van der Waals surface area contributed by atoms with Crippen molar-refractivity contribution in [3.8, 4) is 0 Å². The lowest BCUT2D eigenvalue weighted by molar-refractivity contribution is -0.148. The minimum absolute atomic E-state index is 0.0340. The van der Waals surface area contributed by atoms with Gasteiger partial charge in [-0.1, -0.05) is 32.4 Å². The average molecular weight is 611 g/mol. The molecule has 12 heteroatoms. The lowest BCUT2D eigenvalue weighted by Crippen LogP contribution is -2.56. The van der Waals surface area contributed by atoms with E-state index in [1.54, 1.807) is 17.0 Å². The Labute approximate surface area is 245 Å². The van der Waals surface area contributed by atoms with E-state index in [4.69, 9.17) is 11.6 Å². The summed E-state index contributed by atoms with van der Waals surface area (Å²) < 4.78 is 28.3. The third kappa shape index (κ3) is 6.42. The fourth-order valence-electron chi connectivity index (χ4n) is 7.50. The molecule has 220 valence electrons. The Morgan fingerprint density at radius 1 is 1.12 bits per heavy atom. The maximum absolute atomic E-state index is 13.8. The number of nitrogens with one attached hydrogen (secondary N) is 1. The number of likely N-dealkylation sites (tertiary alicyclic amines) is 3. The van der Waals surface area contributed by atoms with Gasteiger partial charge in [0.15, 0.2) is 0 Å². The fourth-order valence-corrected chi connectivity index (χ4v) is 9.57. The maximum Gasteiger partial charge on any atom is 0.245 e. The Bertz CT molecular complexity index is 1310. The molecule has 0 radical (unpaired) electrons. The van der Waals surface area contributed by atoms with E-state index in [2.05, 4.69) is 25.5 Å². The van der Waals surface area contributed by atoms with Gasteiger partial charge >= 0.3 is 0 Å². The number of hydrogen-bond donors (Lipinski definition) is 1. The molecule has 2 bridgehead atoms. The van der Waals surface area contributed by atoms with Gasteiger partial charge in [0.2, 0.25) is 27.7 Å². The molecule has 3 saturated heterocycles. The topological polar surface area (TPSA) is 107 Å². The Kier molecular flexibility index (Phi) is 8.15. The van der Waals surface area contributed by atoms with Crippen LogP contribution in [0.25, 0.3) is 6.08 Å². The van der Waals surface area contributed by atoms with Crippen molar-refractivity contribution in [2.24, 2.45) is 10.8 Å². The molecule has 1 N–H and O–H groups in total. The average Bonchev–Trinajstić information content (AvgIpc) is 3.56. The highest BCUT2D eigenvalue weighted by molar-refractivity contribution is 7.92. The van der Waals surface area contributed by atoms with Gasteiger partial charge in [0.05, 0.1) is 10.9 Å². The van der Waals surface area contributed by atoms with Crippen LogP contribution < -0.4 is 4.72 Å². The van der Waals surface area contributed by atoms with E-state index in [1.807, 2.05) is 4.90 Å². The number of halogens is 1. The van der Waals surface area contributed by atoms with Gasteiger partial charge < -0.3 is 14.7 Å². The van der Waals surface area contributed by atoms with Gasteiger partial charge in [0.25, 0.3) is 0 Å². The van der Waals surface area contributed by atoms with Gasteiger partial charge in [-0.25, -0.2) is 8.42 Å². The minimum Gasteiger partial charge on any atom is -0.337 e. The molecular weight excluding hydrogens is 572 g/mol. The number of carbonyl (C=O) groups excluding carboxylic acids is 3. The molecule has 5 rings (SSSR count). The van der Waals surface area contributed by atoms with Crippen molar-refractivity contribution in [3.05, 3.63) is 26.8 Å². The number of piperidine rings is 1. The highest BCUT2D eigenvalue weighted by atomic mass is 35.5. The highest BCUT2D eigenvalue weighted by Crippen LogP contribution is 2.52. The first-order valence-electron chi connectivity index (χ1n) is 14.1. The molecule has 4 heterocycles. The largest absolute Gasteiger partial charge is 0.337 e. The third-order valence-corrected chi connectivity index (χ3v) is 11.0. The third-order valence-electron chi connectivity index (χ3n) is 8.72. The second-order valence-corrected chi connectivity index (χ2v) is 16.3. The molecule has 40 heavy (non-hydrogen) atoms. The fraction of sp³-hybridized carbons (Fsp3) is 0.679. The minimum atomic E-state index is -3.88. The zero-order valence-corrected chi connectivity index (χ0v) is 25.8. The molecular formula is C28H39ClN4O5S2. The SMILES string of the molecule is CC1(C)C[C@@H]2C[C@@](C)(CN2C(=O)[C@@H]2CCCN2C(=O)CN2CCC[C@H](NS(=O)(=O)C=Cc3ccc(Cl)s3)C2=O)C1. The standard InChI is InChI=1S/C28H39ClN4O5S2/c1-27(2)14-19-15-28(3,17-27)18-33(19)26(36)22-7-5-12-32(22)24(34)16-31-11-4-6-21(25(31)35)30-40(37,38)13-10-20-8-9-23(29)39-20/h8-10,13,19,21-22,30H,4-7,11-12,14-18H2,1-3H3/t19-,21+,22+,28-/m1/s1. The predicted octanol–water partition coefficient (Wildman–Crippen LogP) is 3.70. The van der Waals surface area contributed by atoms with Crippen LogP contribution in [0.2, 0.25) is 4.34 Å². The number of sulfonamides is 1. The van der Waals surface area contributed by atoms with Crippen LogP contribution in [0.3, 0.4) is 0 Å². The number of rotatable bonds is 7. The molecule has 3 aliphatic heterocycles. The number of fused-ring (bicyclic) bond motifs is 2. The van der Waals surface area contributed by atoms with Crippen LogP contribution in [0.4, 0.5) is 0 Å². The smallest absolute Gasteiger partial charge is 0.245 e. The zero-order valence-electron chi connectivity index (χ0n) is 23.4. The van der Waals surface area contributed by atoms with Crippen molar-refractivity contribution < 1.29 is 22.8 Å². The van der Waals surface area contributed by atoms with Gasteiger partial charge in [-0.15, -0.1) is 11.3 Å². The van der Waals surface area contributed by atoms with Crippen LogP contribution in [-0.4, -0.2) is 85.1 Å². The molecule has 0 aromatic carbocycles. The summed E-state index contributed by atoms with van der Waals surface area (Å²) in [6.07, 6.45) is 6.83. The van der Waals surface area contributed by atoms with Crippen molar-refractivity contribution in [3.63, 3.8) is 0 Å². The first-order valence-corrected chi connectivity index (χ1v) is 16.8. The summed E-state index contributed by atoms with van der Waals surface area (Å²) in [5, 5.41) is 1.03. The number of thiophene rings is 1. The number of amides is 3. The van der Waals surface area contributed by atoms with Gasteiger partial charge in [0, 0.05) is 36.0 Å².